The number of benzene rings is 8. The van der Waals surface area contributed by atoms with Gasteiger partial charge in [0.1, 0.15) is 5.65 Å². The number of fused-ring (bicyclic) bond motifs is 17. The molecule has 0 atom stereocenters. The molecule has 324 valence electrons. The van der Waals surface area contributed by atoms with Crippen LogP contribution in [0.25, 0.3) is 126 Å². The number of para-hydroxylation sites is 2. The van der Waals surface area contributed by atoms with Crippen molar-refractivity contribution in [3.8, 4) is 16.8 Å². The van der Waals surface area contributed by atoms with Gasteiger partial charge in [0.2, 0.25) is 0 Å². The maximum atomic E-state index is 5.60. The number of pyridine rings is 1. The Labute approximate surface area is 389 Å². The first kappa shape index (κ1) is 38.8. The molecule has 8 aromatic carbocycles. The molecule has 4 nitrogen and oxygen atoms in total. The van der Waals surface area contributed by atoms with Crippen LogP contribution >= 0.6 is 0 Å². The third kappa shape index (κ3) is 5.16. The second kappa shape index (κ2) is 12.7. The van der Waals surface area contributed by atoms with Crippen LogP contribution in [0.15, 0.2) is 152 Å². The van der Waals surface area contributed by atoms with Crippen molar-refractivity contribution in [1.82, 2.24) is 18.4 Å². The topological polar surface area (TPSA) is 26.6 Å². The Morgan fingerprint density at radius 3 is 1.61 bits per heavy atom. The number of hydrogen-bond donors (Lipinski definition) is 0. The Balaban J connectivity index is 1.17. The van der Waals surface area contributed by atoms with Crippen molar-refractivity contribution in [3.05, 3.63) is 168 Å². The van der Waals surface area contributed by atoms with E-state index in [1.165, 1.54) is 131 Å². The third-order valence-electron chi connectivity index (χ3n) is 15.3. The number of nitrogens with zero attached hydrogens (tertiary/aromatic N) is 4. The van der Waals surface area contributed by atoms with Crippen LogP contribution < -0.4 is 0 Å². The average Bonchev–Trinajstić information content (AvgIpc) is 4.09. The first-order valence-electron chi connectivity index (χ1n) is 24.0. The molecule has 0 fully saturated rings. The van der Waals surface area contributed by atoms with Gasteiger partial charge in [0.05, 0.1) is 44.8 Å². The fourth-order valence-electron chi connectivity index (χ4n) is 11.8. The van der Waals surface area contributed by atoms with Gasteiger partial charge in [-0.1, -0.05) is 129 Å². The lowest BCUT2D eigenvalue weighted by molar-refractivity contribution is 0.591. The quantitative estimate of drug-likeness (QED) is 0.170. The summed E-state index contributed by atoms with van der Waals surface area (Å²) in [7, 11) is 0. The van der Waals surface area contributed by atoms with Gasteiger partial charge in [-0.05, 0) is 128 Å². The Kier molecular flexibility index (Phi) is 7.36. The first-order valence-corrected chi connectivity index (χ1v) is 24.0. The Hall–Kier alpha value is -7.43. The molecule has 0 aliphatic heterocycles. The van der Waals surface area contributed by atoms with Crippen LogP contribution in [0.3, 0.4) is 0 Å². The number of rotatable bonds is 2. The van der Waals surface area contributed by atoms with Gasteiger partial charge < -0.3 is 8.97 Å². The Morgan fingerprint density at radius 1 is 0.373 bits per heavy atom. The highest BCUT2D eigenvalue weighted by Crippen LogP contribution is 2.51. The predicted molar refractivity (Wildman–Crippen MR) is 287 cm³/mol. The van der Waals surface area contributed by atoms with Crippen molar-refractivity contribution in [2.75, 3.05) is 0 Å². The summed E-state index contributed by atoms with van der Waals surface area (Å²) in [6.45, 7) is 21.2. The molecule has 0 aliphatic carbocycles. The maximum absolute atomic E-state index is 5.60. The van der Waals surface area contributed by atoms with Crippen LogP contribution in [-0.4, -0.2) is 18.4 Å². The lowest BCUT2D eigenvalue weighted by atomic mass is 9.82. The Morgan fingerprint density at radius 2 is 0.910 bits per heavy atom. The van der Waals surface area contributed by atoms with E-state index in [4.69, 9.17) is 4.98 Å². The second-order valence-corrected chi connectivity index (χ2v) is 22.5. The summed E-state index contributed by atoms with van der Waals surface area (Å²) in [6.07, 6.45) is 2.19. The molecule has 6 heterocycles. The van der Waals surface area contributed by atoms with Crippen LogP contribution in [0, 0.1) is 0 Å². The van der Waals surface area contributed by atoms with E-state index in [-0.39, 0.29) is 16.2 Å². The van der Waals surface area contributed by atoms with E-state index in [1.54, 1.807) is 0 Å². The summed E-state index contributed by atoms with van der Waals surface area (Å²) < 4.78 is 7.49. The summed E-state index contributed by atoms with van der Waals surface area (Å²) in [5.41, 5.74) is 17.0. The predicted octanol–water partition coefficient (Wildman–Crippen LogP) is 17.2. The summed E-state index contributed by atoms with van der Waals surface area (Å²) in [6, 6.07) is 55.3. The van der Waals surface area contributed by atoms with Crippen LogP contribution in [-0.2, 0) is 16.2 Å². The zero-order chi connectivity index (χ0) is 45.6. The molecular weight excluding hydrogens is 813 g/mol. The van der Waals surface area contributed by atoms with E-state index in [0.717, 1.165) is 11.2 Å². The zero-order valence-corrected chi connectivity index (χ0v) is 39.7. The van der Waals surface area contributed by atoms with E-state index in [0.29, 0.717) is 0 Å². The van der Waals surface area contributed by atoms with Gasteiger partial charge in [0, 0.05) is 65.1 Å². The molecule has 0 unspecified atom stereocenters. The highest BCUT2D eigenvalue weighted by molar-refractivity contribution is 6.36. The third-order valence-corrected chi connectivity index (χ3v) is 15.3. The van der Waals surface area contributed by atoms with Crippen molar-refractivity contribution in [3.63, 3.8) is 0 Å². The summed E-state index contributed by atoms with van der Waals surface area (Å²) in [4.78, 5) is 5.60. The molecule has 4 heteroatoms. The van der Waals surface area contributed by atoms with Crippen molar-refractivity contribution >= 4 is 109 Å². The number of aromatic nitrogens is 4. The molecule has 0 spiro atoms. The van der Waals surface area contributed by atoms with Gasteiger partial charge in [-0.25, -0.2) is 4.98 Å². The van der Waals surface area contributed by atoms with Crippen molar-refractivity contribution in [2.24, 2.45) is 0 Å². The lowest BCUT2D eigenvalue weighted by Gasteiger charge is -2.22. The van der Waals surface area contributed by atoms with Gasteiger partial charge in [0.15, 0.2) is 0 Å². The minimum atomic E-state index is -0.0809. The van der Waals surface area contributed by atoms with Crippen molar-refractivity contribution in [1.29, 1.82) is 0 Å². The molecule has 0 radical (unpaired) electrons. The normalized spacial score (nSPS) is 13.4. The van der Waals surface area contributed by atoms with E-state index in [2.05, 4.69) is 227 Å². The van der Waals surface area contributed by atoms with E-state index >= 15 is 0 Å². The molecule has 67 heavy (non-hydrogen) atoms. The molecule has 0 aliphatic rings. The highest BCUT2D eigenvalue weighted by atomic mass is 15.0. The molecular formula is C63H52N4. The minimum absolute atomic E-state index is 0.0564. The van der Waals surface area contributed by atoms with Crippen LogP contribution in [0.5, 0.6) is 0 Å². The fourth-order valence-corrected chi connectivity index (χ4v) is 11.8. The minimum Gasteiger partial charge on any atom is -0.309 e. The maximum Gasteiger partial charge on any atom is 0.146 e. The van der Waals surface area contributed by atoms with Gasteiger partial charge in [0.25, 0.3) is 0 Å². The van der Waals surface area contributed by atoms with Gasteiger partial charge in [-0.2, -0.15) is 0 Å². The molecule has 0 amide bonds. The van der Waals surface area contributed by atoms with E-state index in [9.17, 15) is 0 Å². The molecule has 14 aromatic rings. The molecule has 0 saturated heterocycles. The smallest absolute Gasteiger partial charge is 0.146 e. The largest absolute Gasteiger partial charge is 0.309 e. The van der Waals surface area contributed by atoms with Crippen molar-refractivity contribution < 1.29 is 0 Å². The van der Waals surface area contributed by atoms with E-state index in [1.807, 2.05) is 0 Å². The summed E-state index contributed by atoms with van der Waals surface area (Å²) in [5.74, 6) is 0. The Bertz CT molecular complexity index is 4420. The zero-order valence-electron chi connectivity index (χ0n) is 39.7. The van der Waals surface area contributed by atoms with Gasteiger partial charge in [-0.3, -0.25) is 4.40 Å². The first-order chi connectivity index (χ1) is 32.1. The lowest BCUT2D eigenvalue weighted by Crippen LogP contribution is -2.11. The molecule has 0 N–H and O–H groups in total. The van der Waals surface area contributed by atoms with Crippen LogP contribution in [0.1, 0.15) is 79.0 Å². The van der Waals surface area contributed by atoms with Crippen LogP contribution in [0.4, 0.5) is 0 Å². The summed E-state index contributed by atoms with van der Waals surface area (Å²) >= 11 is 0. The standard InChI is InChI=1S/C63H52N4/c1-61(2,3)38-28-43(37-23-24-52-44(26-37)42-21-15-16-22-51(42)65(52)41-19-11-10-12-20-41)57-47(30-38)48-31-40(63(7,8)9)32-49-55-54(66(57)58(48)49)34-64-60-56(55)50-33-39(62(4,5)6)29-46-45-25-35-17-13-14-18-36(35)27-53(45)67(60)59(46)50/h10-34H,1-9H3. The highest BCUT2D eigenvalue weighted by Gasteiger charge is 2.30. The monoisotopic (exact) mass is 864 g/mol. The van der Waals surface area contributed by atoms with Gasteiger partial charge in [-0.15, -0.1) is 0 Å². The molecule has 0 bridgehead atoms. The fraction of sp³-hybridized carbons (Fsp3) is 0.190. The second-order valence-electron chi connectivity index (χ2n) is 22.5. The van der Waals surface area contributed by atoms with Crippen LogP contribution in [0.2, 0.25) is 0 Å². The average molecular weight is 865 g/mol. The molecule has 14 rings (SSSR count). The van der Waals surface area contributed by atoms with Gasteiger partial charge >= 0.3 is 0 Å². The van der Waals surface area contributed by atoms with Crippen molar-refractivity contribution in [2.45, 2.75) is 78.6 Å². The number of hydrogen-bond acceptors (Lipinski definition) is 1. The molecule has 6 aromatic heterocycles. The summed E-state index contributed by atoms with van der Waals surface area (Å²) in [5, 5.41) is 15.3. The van der Waals surface area contributed by atoms with E-state index < -0.39 is 0 Å². The molecule has 0 saturated carbocycles. The SMILES string of the molecule is CC(C)(C)c1cc(-c2ccc3c(c2)c2ccccc2n3-c2ccccc2)c2c(c1)c1cc(C(C)(C)C)cc3c4c5c6cc(C(C)(C)C)cc7c8cc9ccccc9cc8n(c5ncc4n2c13)c76.